The van der Waals surface area contributed by atoms with Gasteiger partial charge in [0, 0.05) is 19.8 Å². The van der Waals surface area contributed by atoms with Gasteiger partial charge in [-0.2, -0.15) is 0 Å². The van der Waals surface area contributed by atoms with E-state index in [2.05, 4.69) is 5.32 Å². The molecule has 1 N–H and O–H groups in total. The van der Waals surface area contributed by atoms with Crippen LogP contribution in [0, 0.1) is 5.82 Å². The molecule has 0 bridgehead atoms. The summed E-state index contributed by atoms with van der Waals surface area (Å²) < 4.78 is 18.4. The van der Waals surface area contributed by atoms with E-state index in [0.717, 1.165) is 13.1 Å². The van der Waals surface area contributed by atoms with Crippen molar-refractivity contribution in [2.45, 2.75) is 18.4 Å². The summed E-state index contributed by atoms with van der Waals surface area (Å²) in [6.45, 7) is 1.52. The summed E-state index contributed by atoms with van der Waals surface area (Å²) in [6.07, 6.45) is 1.29. The first kappa shape index (κ1) is 14.0. The maximum Gasteiger partial charge on any atom is 0.259 e. The molecule has 1 fully saturated rings. The number of nitrogens with zero attached hydrogens (tertiary/aromatic N) is 1. The molecule has 0 unspecified atom stereocenters. The summed E-state index contributed by atoms with van der Waals surface area (Å²) in [5.41, 5.74) is -0.102. The highest BCUT2D eigenvalue weighted by Gasteiger charge is 2.41. The molecule has 1 aliphatic heterocycles. The van der Waals surface area contributed by atoms with Gasteiger partial charge in [-0.15, -0.1) is 0 Å². The van der Waals surface area contributed by atoms with Crippen LogP contribution < -0.4 is 10.2 Å². The Balaban J connectivity index is 2.19. The van der Waals surface area contributed by atoms with Gasteiger partial charge in [0.05, 0.1) is 0 Å². The molecule has 0 spiro atoms. The molecule has 0 saturated carbocycles. The third-order valence-electron chi connectivity index (χ3n) is 3.71. The molecule has 1 aliphatic rings. The van der Waals surface area contributed by atoms with E-state index in [1.165, 1.54) is 17.0 Å². The van der Waals surface area contributed by atoms with Crippen LogP contribution in [-0.2, 0) is 9.53 Å². The van der Waals surface area contributed by atoms with Crippen molar-refractivity contribution >= 4 is 11.6 Å². The van der Waals surface area contributed by atoms with Crippen LogP contribution in [0.3, 0.4) is 0 Å². The second kappa shape index (κ2) is 5.67. The largest absolute Gasteiger partial charge is 0.368 e. The van der Waals surface area contributed by atoms with Crippen molar-refractivity contribution < 1.29 is 13.9 Å². The van der Waals surface area contributed by atoms with Gasteiger partial charge in [0.1, 0.15) is 11.4 Å². The Kier molecular flexibility index (Phi) is 4.17. The summed E-state index contributed by atoms with van der Waals surface area (Å²) in [6, 6.07) is 5.89. The van der Waals surface area contributed by atoms with Gasteiger partial charge in [-0.25, -0.2) is 4.39 Å². The van der Waals surface area contributed by atoms with Crippen molar-refractivity contribution in [3.05, 3.63) is 30.1 Å². The van der Waals surface area contributed by atoms with Crippen molar-refractivity contribution in [1.29, 1.82) is 0 Å². The normalized spacial score (nSPS) is 18.1. The number of amides is 1. The number of ether oxygens (including phenoxy) is 1. The zero-order chi connectivity index (χ0) is 13.9. The van der Waals surface area contributed by atoms with Crippen LogP contribution in [0.15, 0.2) is 24.3 Å². The van der Waals surface area contributed by atoms with Crippen LogP contribution in [0.1, 0.15) is 12.8 Å². The Morgan fingerprint density at radius 1 is 1.32 bits per heavy atom. The van der Waals surface area contributed by atoms with Crippen LogP contribution in [0.25, 0.3) is 0 Å². The lowest BCUT2D eigenvalue weighted by Crippen LogP contribution is -2.54. The van der Waals surface area contributed by atoms with Crippen molar-refractivity contribution in [3.63, 3.8) is 0 Å². The molecule has 1 aromatic rings. The molecule has 2 rings (SSSR count). The van der Waals surface area contributed by atoms with Crippen LogP contribution in [0.2, 0.25) is 0 Å². The standard InChI is InChI=1S/C14H19FN2O2/c1-17(12-5-3-11(15)4-6-12)13(18)14(19-2)7-9-16-10-8-14/h3-6,16H,7-10H2,1-2H3. The number of likely N-dealkylation sites (N-methyl/N-ethyl adjacent to an activating group) is 1. The number of halogens is 1. The van der Waals surface area contributed by atoms with E-state index in [4.69, 9.17) is 4.74 Å². The van der Waals surface area contributed by atoms with Gasteiger partial charge in [-0.05, 0) is 50.2 Å². The summed E-state index contributed by atoms with van der Waals surface area (Å²) in [5.74, 6) is -0.393. The van der Waals surface area contributed by atoms with Gasteiger partial charge in [-0.1, -0.05) is 0 Å². The first-order valence-corrected chi connectivity index (χ1v) is 6.39. The predicted octanol–water partition coefficient (Wildman–Crippen LogP) is 1.56. The average molecular weight is 266 g/mol. The Morgan fingerprint density at radius 2 is 1.89 bits per heavy atom. The number of rotatable bonds is 3. The first-order valence-electron chi connectivity index (χ1n) is 6.39. The Morgan fingerprint density at radius 3 is 2.42 bits per heavy atom. The molecule has 104 valence electrons. The summed E-state index contributed by atoms with van der Waals surface area (Å²) in [5, 5.41) is 3.21. The minimum absolute atomic E-state index is 0.0805. The molecule has 1 aromatic carbocycles. The SMILES string of the molecule is COC1(C(=O)N(C)c2ccc(F)cc2)CCNCC1. The molecule has 0 atom stereocenters. The molecule has 0 radical (unpaired) electrons. The molecule has 1 amide bonds. The minimum Gasteiger partial charge on any atom is -0.368 e. The molecule has 1 heterocycles. The van der Waals surface area contributed by atoms with E-state index >= 15 is 0 Å². The van der Waals surface area contributed by atoms with E-state index in [1.54, 1.807) is 26.3 Å². The number of hydrogen-bond acceptors (Lipinski definition) is 3. The second-order valence-corrected chi connectivity index (χ2v) is 4.79. The fourth-order valence-electron chi connectivity index (χ4n) is 2.42. The molecular weight excluding hydrogens is 247 g/mol. The topological polar surface area (TPSA) is 41.6 Å². The monoisotopic (exact) mass is 266 g/mol. The summed E-state index contributed by atoms with van der Waals surface area (Å²) in [7, 11) is 3.26. The van der Waals surface area contributed by atoms with Crippen molar-refractivity contribution in [2.75, 3.05) is 32.1 Å². The van der Waals surface area contributed by atoms with E-state index < -0.39 is 5.60 Å². The molecule has 19 heavy (non-hydrogen) atoms. The third kappa shape index (κ3) is 2.77. The number of nitrogens with one attached hydrogen (secondary N) is 1. The smallest absolute Gasteiger partial charge is 0.259 e. The van der Waals surface area contributed by atoms with Gasteiger partial charge in [0.25, 0.3) is 5.91 Å². The van der Waals surface area contributed by atoms with E-state index in [9.17, 15) is 9.18 Å². The molecular formula is C14H19FN2O2. The van der Waals surface area contributed by atoms with Crippen LogP contribution in [-0.4, -0.2) is 38.8 Å². The van der Waals surface area contributed by atoms with Crippen LogP contribution >= 0.6 is 0 Å². The average Bonchev–Trinajstić information content (AvgIpc) is 2.47. The first-order chi connectivity index (χ1) is 9.09. The molecule has 1 saturated heterocycles. The number of methoxy groups -OCH3 is 1. The van der Waals surface area contributed by atoms with Crippen LogP contribution in [0.4, 0.5) is 10.1 Å². The van der Waals surface area contributed by atoms with E-state index in [0.29, 0.717) is 18.5 Å². The summed E-state index contributed by atoms with van der Waals surface area (Å²) >= 11 is 0. The quantitative estimate of drug-likeness (QED) is 0.902. The highest BCUT2D eigenvalue weighted by Crippen LogP contribution is 2.27. The predicted molar refractivity (Wildman–Crippen MR) is 71.7 cm³/mol. The van der Waals surface area contributed by atoms with Gasteiger partial charge in [-0.3, -0.25) is 4.79 Å². The number of carbonyl (C=O) groups excluding carboxylic acids is 1. The maximum absolute atomic E-state index is 12.9. The van der Waals surface area contributed by atoms with Crippen molar-refractivity contribution in [1.82, 2.24) is 5.32 Å². The Labute approximate surface area is 112 Å². The van der Waals surface area contributed by atoms with Crippen molar-refractivity contribution in [2.24, 2.45) is 0 Å². The molecule has 5 heteroatoms. The lowest BCUT2D eigenvalue weighted by molar-refractivity contribution is -0.143. The molecule has 0 aromatic heterocycles. The second-order valence-electron chi connectivity index (χ2n) is 4.79. The van der Waals surface area contributed by atoms with Gasteiger partial charge in [0.2, 0.25) is 0 Å². The van der Waals surface area contributed by atoms with E-state index in [-0.39, 0.29) is 11.7 Å². The number of benzene rings is 1. The fourth-order valence-corrected chi connectivity index (χ4v) is 2.42. The number of piperidine rings is 1. The molecule has 0 aliphatic carbocycles. The minimum atomic E-state index is -0.769. The summed E-state index contributed by atoms with van der Waals surface area (Å²) in [4.78, 5) is 14.2. The maximum atomic E-state index is 12.9. The number of anilines is 1. The lowest BCUT2D eigenvalue weighted by Gasteiger charge is -2.37. The molecule has 4 nitrogen and oxygen atoms in total. The lowest BCUT2D eigenvalue weighted by atomic mass is 9.90. The fraction of sp³-hybridized carbons (Fsp3) is 0.500. The van der Waals surface area contributed by atoms with Gasteiger partial charge in [0.15, 0.2) is 0 Å². The number of hydrogen-bond donors (Lipinski definition) is 1. The third-order valence-corrected chi connectivity index (χ3v) is 3.71. The number of carbonyl (C=O) groups is 1. The highest BCUT2D eigenvalue weighted by molar-refractivity contribution is 5.99. The Bertz CT molecular complexity index is 441. The van der Waals surface area contributed by atoms with E-state index in [1.807, 2.05) is 0 Å². The Hall–Kier alpha value is -1.46. The van der Waals surface area contributed by atoms with Crippen molar-refractivity contribution in [3.8, 4) is 0 Å². The van der Waals surface area contributed by atoms with Crippen LogP contribution in [0.5, 0.6) is 0 Å². The zero-order valence-corrected chi connectivity index (χ0v) is 11.3. The van der Waals surface area contributed by atoms with Gasteiger partial charge >= 0.3 is 0 Å². The van der Waals surface area contributed by atoms with Gasteiger partial charge < -0.3 is 15.0 Å². The highest BCUT2D eigenvalue weighted by atomic mass is 19.1. The zero-order valence-electron chi connectivity index (χ0n) is 11.3.